The van der Waals surface area contributed by atoms with Gasteiger partial charge in [-0.1, -0.05) is 6.58 Å². The summed E-state index contributed by atoms with van der Waals surface area (Å²) >= 11 is 0. The third-order valence-electron chi connectivity index (χ3n) is 4.91. The molecular formula is C24H24FN3O3S. The van der Waals surface area contributed by atoms with Crippen molar-refractivity contribution in [2.24, 2.45) is 0 Å². The number of hydrogen-bond donors (Lipinski definition) is 1. The number of nitrogens with one attached hydrogen (secondary N) is 1. The Hall–Kier alpha value is -3.39. The number of sulfone groups is 1. The molecule has 1 N–H and O–H groups in total. The van der Waals surface area contributed by atoms with Crippen LogP contribution in [0.5, 0.6) is 0 Å². The summed E-state index contributed by atoms with van der Waals surface area (Å²) in [7, 11) is -3.49. The van der Waals surface area contributed by atoms with Crippen LogP contribution < -0.4 is 5.32 Å². The molecule has 8 heteroatoms. The second-order valence-electron chi connectivity index (χ2n) is 7.68. The molecule has 2 heterocycles. The number of halogens is 1. The van der Waals surface area contributed by atoms with E-state index in [4.69, 9.17) is 0 Å². The zero-order chi connectivity index (χ0) is 23.5. The zero-order valence-corrected chi connectivity index (χ0v) is 19.0. The van der Waals surface area contributed by atoms with E-state index in [2.05, 4.69) is 21.9 Å². The Balaban J connectivity index is 1.90. The van der Waals surface area contributed by atoms with Crippen LogP contribution in [-0.4, -0.2) is 37.1 Å². The molecule has 1 amide bonds. The summed E-state index contributed by atoms with van der Waals surface area (Å²) in [5, 5.41) is 3.39. The highest BCUT2D eigenvalue weighted by Gasteiger charge is 2.16. The minimum absolute atomic E-state index is 0.0586. The first kappa shape index (κ1) is 23.3. The second-order valence-corrected chi connectivity index (χ2v) is 9.66. The molecule has 3 rings (SSSR count). The Morgan fingerprint density at radius 1 is 1.22 bits per heavy atom. The maximum absolute atomic E-state index is 13.5. The van der Waals surface area contributed by atoms with E-state index in [1.54, 1.807) is 31.3 Å². The van der Waals surface area contributed by atoms with Crippen LogP contribution >= 0.6 is 0 Å². The average molecular weight is 454 g/mol. The lowest BCUT2D eigenvalue weighted by atomic mass is 10.0. The molecule has 0 spiro atoms. The smallest absolute Gasteiger partial charge is 0.251 e. The van der Waals surface area contributed by atoms with Gasteiger partial charge in [0, 0.05) is 48.3 Å². The largest absolute Gasteiger partial charge is 0.348 e. The van der Waals surface area contributed by atoms with Crippen molar-refractivity contribution in [1.29, 1.82) is 0 Å². The Morgan fingerprint density at radius 2 is 1.97 bits per heavy atom. The number of nitrogens with zero attached hydrogens (tertiary/aromatic N) is 2. The molecule has 0 saturated carbocycles. The van der Waals surface area contributed by atoms with E-state index in [-0.39, 0.29) is 17.3 Å². The lowest BCUT2D eigenvalue weighted by molar-refractivity contribution is 0.0956. The van der Waals surface area contributed by atoms with E-state index in [9.17, 15) is 17.6 Å². The Bertz CT molecular complexity index is 1350. The van der Waals surface area contributed by atoms with E-state index in [1.165, 1.54) is 6.20 Å². The number of benzene rings is 1. The number of aryl methyl sites for hydroxylation is 1. The molecule has 166 valence electrons. The molecule has 0 radical (unpaired) electrons. The van der Waals surface area contributed by atoms with Gasteiger partial charge in [-0.25, -0.2) is 12.8 Å². The van der Waals surface area contributed by atoms with Crippen molar-refractivity contribution in [2.75, 3.05) is 12.8 Å². The minimum Gasteiger partial charge on any atom is -0.348 e. The van der Waals surface area contributed by atoms with Crippen LogP contribution in [0.25, 0.3) is 10.9 Å². The van der Waals surface area contributed by atoms with Crippen LogP contribution in [0.4, 0.5) is 4.39 Å². The van der Waals surface area contributed by atoms with E-state index in [0.29, 0.717) is 28.8 Å². The summed E-state index contributed by atoms with van der Waals surface area (Å²) in [6.45, 7) is 6.89. The second kappa shape index (κ2) is 9.40. The molecule has 3 aromatic rings. The van der Waals surface area contributed by atoms with E-state index < -0.39 is 15.7 Å². The molecule has 0 unspecified atom stereocenters. The van der Waals surface area contributed by atoms with Gasteiger partial charge < -0.3 is 5.32 Å². The van der Waals surface area contributed by atoms with E-state index in [1.807, 2.05) is 19.1 Å². The fourth-order valence-corrected chi connectivity index (χ4v) is 4.16. The number of aromatic nitrogens is 2. The van der Waals surface area contributed by atoms with Crippen molar-refractivity contribution in [3.8, 4) is 0 Å². The molecule has 32 heavy (non-hydrogen) atoms. The van der Waals surface area contributed by atoms with Gasteiger partial charge in [0.05, 0.1) is 10.4 Å². The van der Waals surface area contributed by atoms with Gasteiger partial charge in [-0.3, -0.25) is 14.8 Å². The number of fused-ring (bicyclic) bond motifs is 1. The van der Waals surface area contributed by atoms with Gasteiger partial charge in [-0.05, 0) is 67.0 Å². The molecule has 1 aromatic carbocycles. The highest BCUT2D eigenvalue weighted by atomic mass is 32.2. The van der Waals surface area contributed by atoms with Crippen LogP contribution in [0, 0.1) is 6.92 Å². The SMILES string of the molecule is C=C/C(F)=C(\C)CNC(=O)c1ccnc(Cc2cc(S(C)(=O)=O)c3ncc(C)cc3c2)c1. The van der Waals surface area contributed by atoms with Crippen LogP contribution in [0.2, 0.25) is 0 Å². The predicted octanol–water partition coefficient (Wildman–Crippen LogP) is 4.09. The molecule has 0 fully saturated rings. The molecule has 0 saturated heterocycles. The van der Waals surface area contributed by atoms with E-state index >= 15 is 0 Å². The number of rotatable bonds is 7. The summed E-state index contributed by atoms with van der Waals surface area (Å²) in [5.41, 5.74) is 3.43. The number of pyridine rings is 2. The third-order valence-corrected chi connectivity index (χ3v) is 6.02. The van der Waals surface area contributed by atoms with Crippen molar-refractivity contribution >= 4 is 26.6 Å². The van der Waals surface area contributed by atoms with Crippen LogP contribution in [0.3, 0.4) is 0 Å². The first-order valence-corrected chi connectivity index (χ1v) is 11.8. The lowest BCUT2D eigenvalue weighted by Gasteiger charge is -2.10. The number of amides is 1. The van der Waals surface area contributed by atoms with Gasteiger partial charge >= 0.3 is 0 Å². The van der Waals surface area contributed by atoms with Gasteiger partial charge in [0.1, 0.15) is 5.83 Å². The van der Waals surface area contributed by atoms with Crippen molar-refractivity contribution in [3.63, 3.8) is 0 Å². The van der Waals surface area contributed by atoms with Gasteiger partial charge in [0.15, 0.2) is 9.84 Å². The summed E-state index contributed by atoms with van der Waals surface area (Å²) < 4.78 is 38.2. The maximum Gasteiger partial charge on any atom is 0.251 e. The monoisotopic (exact) mass is 453 g/mol. The normalized spacial score (nSPS) is 12.4. The fourth-order valence-electron chi connectivity index (χ4n) is 3.27. The number of allylic oxidation sites excluding steroid dienone is 2. The highest BCUT2D eigenvalue weighted by Crippen LogP contribution is 2.25. The molecular weight excluding hydrogens is 429 g/mol. The van der Waals surface area contributed by atoms with Crippen molar-refractivity contribution in [3.05, 3.63) is 89.2 Å². The van der Waals surface area contributed by atoms with E-state index in [0.717, 1.165) is 28.8 Å². The Kier molecular flexibility index (Phi) is 6.84. The van der Waals surface area contributed by atoms with Gasteiger partial charge in [0.2, 0.25) is 0 Å². The molecule has 6 nitrogen and oxygen atoms in total. The van der Waals surface area contributed by atoms with Crippen molar-refractivity contribution < 1.29 is 17.6 Å². The minimum atomic E-state index is -3.49. The van der Waals surface area contributed by atoms with Crippen LogP contribution in [0.1, 0.15) is 34.1 Å². The quantitative estimate of drug-likeness (QED) is 0.544. The molecule has 0 aliphatic rings. The third kappa shape index (κ3) is 5.45. The summed E-state index contributed by atoms with van der Waals surface area (Å²) in [6.07, 6.45) is 5.73. The summed E-state index contributed by atoms with van der Waals surface area (Å²) in [4.78, 5) is 21.2. The first-order chi connectivity index (χ1) is 15.1. The predicted molar refractivity (Wildman–Crippen MR) is 123 cm³/mol. The van der Waals surface area contributed by atoms with Crippen molar-refractivity contribution in [2.45, 2.75) is 25.2 Å². The number of hydrogen-bond acceptors (Lipinski definition) is 5. The highest BCUT2D eigenvalue weighted by molar-refractivity contribution is 7.91. The topological polar surface area (TPSA) is 89.0 Å². The Labute approximate surface area is 186 Å². The average Bonchev–Trinajstić information content (AvgIpc) is 2.75. The summed E-state index contributed by atoms with van der Waals surface area (Å²) in [6, 6.07) is 8.57. The zero-order valence-electron chi connectivity index (χ0n) is 18.1. The molecule has 2 aromatic heterocycles. The molecule has 0 atom stereocenters. The van der Waals surface area contributed by atoms with Gasteiger partial charge in [0.25, 0.3) is 5.91 Å². The van der Waals surface area contributed by atoms with Crippen LogP contribution in [0.15, 0.2) is 71.7 Å². The number of carbonyl (C=O) groups excluding carboxylic acids is 1. The lowest BCUT2D eigenvalue weighted by Crippen LogP contribution is -2.25. The number of carbonyl (C=O) groups is 1. The molecule has 0 bridgehead atoms. The molecule has 0 aliphatic carbocycles. The van der Waals surface area contributed by atoms with Gasteiger partial charge in [-0.2, -0.15) is 0 Å². The van der Waals surface area contributed by atoms with Crippen molar-refractivity contribution in [1.82, 2.24) is 15.3 Å². The maximum atomic E-state index is 13.5. The molecule has 0 aliphatic heterocycles. The summed E-state index contributed by atoms with van der Waals surface area (Å²) in [5.74, 6) is -0.830. The Morgan fingerprint density at radius 3 is 2.66 bits per heavy atom. The van der Waals surface area contributed by atoms with Crippen LogP contribution in [-0.2, 0) is 16.3 Å². The first-order valence-electron chi connectivity index (χ1n) is 9.88. The fraction of sp³-hybridized carbons (Fsp3) is 0.208. The van der Waals surface area contributed by atoms with Gasteiger partial charge in [-0.15, -0.1) is 0 Å². The standard InChI is InChI=1S/C24H24FN3O3S/c1-5-21(25)16(3)14-28-24(29)18-6-7-26-20(12-18)10-17-9-19-8-15(2)13-27-23(19)22(11-17)32(4,30)31/h5-9,11-13H,1,10,14H2,2-4H3,(H,28,29)/b21-16-.